The molecule has 0 fully saturated rings. The van der Waals surface area contributed by atoms with Crippen molar-refractivity contribution in [1.29, 1.82) is 0 Å². The molecule has 0 rings (SSSR count). The van der Waals surface area contributed by atoms with Crippen molar-refractivity contribution in [3.63, 3.8) is 0 Å². The lowest BCUT2D eigenvalue weighted by Gasteiger charge is -2.15. The Morgan fingerprint density at radius 1 is 0.846 bits per heavy atom. The second-order valence-corrected chi connectivity index (χ2v) is 5.88. The molecule has 0 unspecified atom stereocenters. The highest BCUT2D eigenvalue weighted by Crippen LogP contribution is 2.26. The van der Waals surface area contributed by atoms with Gasteiger partial charge in [-0.25, -0.2) is 0 Å². The van der Waals surface area contributed by atoms with Crippen molar-refractivity contribution in [2.45, 2.75) is 0 Å². The Morgan fingerprint density at radius 2 is 1.08 bits per heavy atom. The van der Waals surface area contributed by atoms with Crippen molar-refractivity contribution in [2.24, 2.45) is 0 Å². The van der Waals surface area contributed by atoms with Gasteiger partial charge in [-0.3, -0.25) is 0 Å². The molecule has 7 heteroatoms. The van der Waals surface area contributed by atoms with Gasteiger partial charge in [0.2, 0.25) is 0 Å². The van der Waals surface area contributed by atoms with Crippen molar-refractivity contribution in [1.82, 2.24) is 9.80 Å². The Bertz CT molecular complexity index is 163. The summed E-state index contributed by atoms with van der Waals surface area (Å²) in [5.41, 5.74) is 0. The van der Waals surface area contributed by atoms with Crippen LogP contribution in [0.25, 0.3) is 0 Å². The summed E-state index contributed by atoms with van der Waals surface area (Å²) in [5, 5.41) is 0. The van der Waals surface area contributed by atoms with Gasteiger partial charge in [-0.1, -0.05) is 24.4 Å². The Morgan fingerprint density at radius 3 is 1.23 bits per heavy atom. The van der Waals surface area contributed by atoms with E-state index >= 15 is 0 Å². The van der Waals surface area contributed by atoms with Crippen LogP contribution in [0.5, 0.6) is 0 Å². The normalized spacial score (nSPS) is 8.62. The third kappa shape index (κ3) is 7.74. The second kappa shape index (κ2) is 8.04. The van der Waals surface area contributed by atoms with E-state index in [2.05, 4.69) is 0 Å². The Labute approximate surface area is 103 Å². The average Bonchev–Trinajstić information content (AvgIpc) is 1.98. The van der Waals surface area contributed by atoms with Crippen LogP contribution in [0.15, 0.2) is 0 Å². The number of rotatable bonds is 0. The summed E-state index contributed by atoms with van der Waals surface area (Å²) in [7, 11) is 10.7. The van der Waals surface area contributed by atoms with E-state index in [1.165, 1.54) is 21.6 Å². The van der Waals surface area contributed by atoms with Gasteiger partial charge in [-0.05, 0) is 32.6 Å². The fourth-order valence-corrected chi connectivity index (χ4v) is 2.60. The van der Waals surface area contributed by atoms with Crippen molar-refractivity contribution in [3.05, 3.63) is 0 Å². The van der Waals surface area contributed by atoms with Gasteiger partial charge in [0.15, 0.2) is 0 Å². The SMILES string of the molecule is CN(C)C(=S)SSC(=S)N(C)C.[SiH4]. The fourth-order valence-electron chi connectivity index (χ4n) is 0.220. The van der Waals surface area contributed by atoms with Crippen LogP contribution in [-0.4, -0.2) is 57.6 Å². The summed E-state index contributed by atoms with van der Waals surface area (Å²) < 4.78 is 1.67. The minimum absolute atomic E-state index is 0. The minimum Gasteiger partial charge on any atom is -0.363 e. The molecule has 13 heavy (non-hydrogen) atoms. The summed E-state index contributed by atoms with van der Waals surface area (Å²) in [6.07, 6.45) is 0. The van der Waals surface area contributed by atoms with E-state index in [0.29, 0.717) is 0 Å². The number of hydrogen-bond acceptors (Lipinski definition) is 4. The summed E-state index contributed by atoms with van der Waals surface area (Å²) in [6.45, 7) is 0. The van der Waals surface area contributed by atoms with Gasteiger partial charge < -0.3 is 9.80 Å². The van der Waals surface area contributed by atoms with Gasteiger partial charge in [0.1, 0.15) is 8.64 Å². The maximum Gasteiger partial charge on any atom is 0.146 e. The molecule has 0 aromatic rings. The molecule has 0 aliphatic rings. The molecule has 0 aromatic carbocycles. The van der Waals surface area contributed by atoms with Crippen molar-refractivity contribution in [3.8, 4) is 0 Å². The van der Waals surface area contributed by atoms with E-state index in [1.807, 2.05) is 38.0 Å². The molecule has 0 aliphatic heterocycles. The first-order chi connectivity index (χ1) is 5.45. The highest BCUT2D eigenvalue weighted by atomic mass is 33.1. The van der Waals surface area contributed by atoms with E-state index < -0.39 is 0 Å². The lowest BCUT2D eigenvalue weighted by molar-refractivity contribution is 0.647. The molecule has 78 valence electrons. The summed E-state index contributed by atoms with van der Waals surface area (Å²) in [4.78, 5) is 3.79. The summed E-state index contributed by atoms with van der Waals surface area (Å²) in [5.74, 6) is 0. The molecule has 0 saturated heterocycles. The number of nitrogens with zero attached hydrogens (tertiary/aromatic N) is 2. The highest BCUT2D eigenvalue weighted by Gasteiger charge is 2.04. The zero-order valence-electron chi connectivity index (χ0n) is 7.53. The topological polar surface area (TPSA) is 6.48 Å². The minimum atomic E-state index is 0. The smallest absolute Gasteiger partial charge is 0.146 e. The first-order valence-electron chi connectivity index (χ1n) is 3.22. The van der Waals surface area contributed by atoms with Crippen LogP contribution < -0.4 is 0 Å². The first-order valence-corrected chi connectivity index (χ1v) is 6.19. The van der Waals surface area contributed by atoms with Crippen LogP contribution in [0.3, 0.4) is 0 Å². The molecule has 0 saturated carbocycles. The number of thiocarbonyl (C=S) groups is 2. The molecule has 0 bridgehead atoms. The molecular weight excluding hydrogens is 256 g/mol. The molecule has 0 N–H and O–H groups in total. The van der Waals surface area contributed by atoms with Crippen molar-refractivity contribution < 1.29 is 0 Å². The lowest BCUT2D eigenvalue weighted by Crippen LogP contribution is -2.18. The van der Waals surface area contributed by atoms with E-state index in [1.54, 1.807) is 0 Å². The Kier molecular flexibility index (Phi) is 9.98. The monoisotopic (exact) mass is 272 g/mol. The first kappa shape index (κ1) is 16.1. The van der Waals surface area contributed by atoms with Crippen LogP contribution in [0, 0.1) is 0 Å². The second-order valence-electron chi connectivity index (χ2n) is 2.49. The maximum atomic E-state index is 5.07. The highest BCUT2D eigenvalue weighted by molar-refractivity contribution is 8.89. The predicted octanol–water partition coefficient (Wildman–Crippen LogP) is 0.609. The quantitative estimate of drug-likeness (QED) is 0.360. The van der Waals surface area contributed by atoms with E-state index in [0.717, 1.165) is 8.64 Å². The number of hydrogen-bond donors (Lipinski definition) is 0. The molecule has 0 amide bonds. The molecule has 0 heterocycles. The molecule has 2 nitrogen and oxygen atoms in total. The Balaban J connectivity index is 0. The summed E-state index contributed by atoms with van der Waals surface area (Å²) in [6, 6.07) is 0. The van der Waals surface area contributed by atoms with Crippen molar-refractivity contribution in [2.75, 3.05) is 28.2 Å². The van der Waals surface area contributed by atoms with Crippen LogP contribution in [0.1, 0.15) is 0 Å². The van der Waals surface area contributed by atoms with Crippen LogP contribution in [0.4, 0.5) is 0 Å². The molecule has 0 aromatic heterocycles. The van der Waals surface area contributed by atoms with Crippen LogP contribution in [0.2, 0.25) is 0 Å². The van der Waals surface area contributed by atoms with Gasteiger partial charge in [-0.2, -0.15) is 0 Å². The lowest BCUT2D eigenvalue weighted by atomic mass is 11.0. The zero-order chi connectivity index (χ0) is 9.72. The third-order valence-electron chi connectivity index (χ3n) is 0.915. The van der Waals surface area contributed by atoms with Gasteiger partial charge in [-0.15, -0.1) is 0 Å². The predicted molar refractivity (Wildman–Crippen MR) is 79.1 cm³/mol. The average molecular weight is 273 g/mol. The molecular formula is C6H16N2S4Si. The zero-order valence-corrected chi connectivity index (χ0v) is 10.8. The van der Waals surface area contributed by atoms with E-state index in [4.69, 9.17) is 24.4 Å². The van der Waals surface area contributed by atoms with Crippen LogP contribution in [-0.2, 0) is 0 Å². The van der Waals surface area contributed by atoms with Crippen molar-refractivity contribution >= 4 is 65.6 Å². The molecule has 0 radical (unpaired) electrons. The van der Waals surface area contributed by atoms with E-state index in [9.17, 15) is 0 Å². The fraction of sp³-hybridized carbons (Fsp3) is 0.667. The molecule has 0 aliphatic carbocycles. The maximum absolute atomic E-state index is 5.07. The third-order valence-corrected chi connectivity index (χ3v) is 5.07. The van der Waals surface area contributed by atoms with Gasteiger partial charge >= 0.3 is 0 Å². The standard InChI is InChI=1S/C6H12N2S4.H4Si/c1-7(2)5(9)11-12-6(10)8(3)4;/h1-4H3;1H4. The largest absolute Gasteiger partial charge is 0.363 e. The molecule has 0 atom stereocenters. The Hall–Kier alpha value is 0.697. The summed E-state index contributed by atoms with van der Waals surface area (Å²) >= 11 is 10.1. The molecule has 0 spiro atoms. The van der Waals surface area contributed by atoms with Gasteiger partial charge in [0, 0.05) is 28.2 Å². The van der Waals surface area contributed by atoms with Gasteiger partial charge in [0.25, 0.3) is 0 Å². The van der Waals surface area contributed by atoms with Crippen LogP contribution >= 0.6 is 46.0 Å². The van der Waals surface area contributed by atoms with Gasteiger partial charge in [0.05, 0.1) is 0 Å². The van der Waals surface area contributed by atoms with E-state index in [-0.39, 0.29) is 11.0 Å².